The van der Waals surface area contributed by atoms with Gasteiger partial charge in [0.15, 0.2) is 0 Å². The predicted octanol–water partition coefficient (Wildman–Crippen LogP) is 5.62. The molecule has 28 heavy (non-hydrogen) atoms. The van der Waals surface area contributed by atoms with Gasteiger partial charge in [-0.05, 0) is 87.3 Å². The first-order chi connectivity index (χ1) is 13.3. The van der Waals surface area contributed by atoms with E-state index in [4.69, 9.17) is 9.47 Å². The summed E-state index contributed by atoms with van der Waals surface area (Å²) in [6.45, 7) is 8.39. The Morgan fingerprint density at radius 2 is 1.54 bits per heavy atom. The molecular weight excluding hydrogens is 368 g/mol. The van der Waals surface area contributed by atoms with E-state index in [0.717, 1.165) is 37.0 Å². The minimum atomic E-state index is -0.302. The third-order valence-electron chi connectivity index (χ3n) is 7.54. The maximum absolute atomic E-state index is 12.3. The Labute approximate surface area is 175 Å². The van der Waals surface area contributed by atoms with Crippen molar-refractivity contribution in [2.75, 3.05) is 0 Å². The number of rotatable bonds is 6. The molecule has 0 aromatic heterocycles. The lowest BCUT2D eigenvalue weighted by atomic mass is 9.53. The Morgan fingerprint density at radius 3 is 2.04 bits per heavy atom. The van der Waals surface area contributed by atoms with Gasteiger partial charge in [0.2, 0.25) is 0 Å². The summed E-state index contributed by atoms with van der Waals surface area (Å²) >= 11 is 4.40. The van der Waals surface area contributed by atoms with Gasteiger partial charge in [0.05, 0.1) is 17.6 Å². The molecular formula is C24H34O3S. The smallest absolute Gasteiger partial charge is 0.308 e. The number of ether oxygens (including phenoxy) is 2. The second kappa shape index (κ2) is 7.68. The van der Waals surface area contributed by atoms with Crippen LogP contribution in [0.15, 0.2) is 29.2 Å². The van der Waals surface area contributed by atoms with Gasteiger partial charge in [0.25, 0.3) is 0 Å². The highest BCUT2D eigenvalue weighted by molar-refractivity contribution is 7.80. The lowest BCUT2D eigenvalue weighted by Crippen LogP contribution is -2.57. The number of benzene rings is 1. The summed E-state index contributed by atoms with van der Waals surface area (Å²) in [6.07, 6.45) is 5.88. The summed E-state index contributed by atoms with van der Waals surface area (Å²) in [5.41, 5.74) is 0.906. The van der Waals surface area contributed by atoms with E-state index >= 15 is 0 Å². The topological polar surface area (TPSA) is 35.5 Å². The Balaban J connectivity index is 1.43. The fourth-order valence-corrected chi connectivity index (χ4v) is 6.01. The van der Waals surface area contributed by atoms with Crippen LogP contribution in [-0.2, 0) is 19.9 Å². The van der Waals surface area contributed by atoms with Gasteiger partial charge in [-0.1, -0.05) is 26.0 Å². The van der Waals surface area contributed by atoms with Gasteiger partial charge < -0.3 is 9.47 Å². The number of hydrogen-bond acceptors (Lipinski definition) is 4. The zero-order chi connectivity index (χ0) is 20.1. The molecule has 0 amide bonds. The first-order valence-corrected chi connectivity index (χ1v) is 11.4. The summed E-state index contributed by atoms with van der Waals surface area (Å²) in [5, 5.41) is 0. The molecule has 0 radical (unpaired) electrons. The molecule has 1 unspecified atom stereocenters. The molecule has 1 aromatic carbocycles. The lowest BCUT2D eigenvalue weighted by Gasteiger charge is -2.58. The number of hydrogen-bond donors (Lipinski definition) is 1. The van der Waals surface area contributed by atoms with Crippen LogP contribution in [0, 0.1) is 29.6 Å². The molecule has 154 valence electrons. The van der Waals surface area contributed by atoms with Crippen molar-refractivity contribution in [2.24, 2.45) is 29.6 Å². The summed E-state index contributed by atoms with van der Waals surface area (Å²) in [4.78, 5) is 13.3. The van der Waals surface area contributed by atoms with Crippen molar-refractivity contribution in [1.29, 1.82) is 0 Å². The first-order valence-electron chi connectivity index (χ1n) is 11.0. The molecule has 4 aliphatic carbocycles. The largest absolute Gasteiger partial charge is 0.462 e. The molecule has 0 N–H and O–H groups in total. The Kier molecular flexibility index (Phi) is 5.56. The maximum Gasteiger partial charge on any atom is 0.308 e. The SMILES string of the molecule is CCC(C)C(=O)OC1C2CC3CC1CC(C2)C3OC(C)(C)c1ccc(S)cc1. The summed E-state index contributed by atoms with van der Waals surface area (Å²) in [6, 6.07) is 8.33. The number of carbonyl (C=O) groups excluding carboxylic acids is 1. The van der Waals surface area contributed by atoms with Crippen molar-refractivity contribution < 1.29 is 14.3 Å². The molecule has 1 atom stereocenters. The van der Waals surface area contributed by atoms with Gasteiger partial charge in [-0.2, -0.15) is 0 Å². The van der Waals surface area contributed by atoms with E-state index in [-0.39, 0.29) is 23.6 Å². The van der Waals surface area contributed by atoms with Crippen molar-refractivity contribution in [1.82, 2.24) is 0 Å². The molecule has 0 aliphatic heterocycles. The molecule has 1 aromatic rings. The highest BCUT2D eigenvalue weighted by Gasteiger charge is 2.55. The molecule has 4 fully saturated rings. The van der Waals surface area contributed by atoms with E-state index in [1.165, 1.54) is 5.56 Å². The average Bonchev–Trinajstić information content (AvgIpc) is 2.65. The molecule has 4 heteroatoms. The molecule has 4 bridgehead atoms. The van der Waals surface area contributed by atoms with Crippen LogP contribution in [-0.4, -0.2) is 18.2 Å². The Morgan fingerprint density at radius 1 is 1.04 bits per heavy atom. The number of thiol groups is 1. The fourth-order valence-electron chi connectivity index (χ4n) is 5.86. The van der Waals surface area contributed by atoms with Crippen molar-refractivity contribution in [3.8, 4) is 0 Å². The number of carbonyl (C=O) groups is 1. The van der Waals surface area contributed by atoms with Crippen LogP contribution in [0.1, 0.15) is 65.4 Å². The van der Waals surface area contributed by atoms with E-state index in [0.29, 0.717) is 29.8 Å². The summed E-state index contributed by atoms with van der Waals surface area (Å²) < 4.78 is 12.8. The monoisotopic (exact) mass is 402 g/mol. The first kappa shape index (κ1) is 20.3. The van der Waals surface area contributed by atoms with E-state index in [1.807, 2.05) is 19.1 Å². The quantitative estimate of drug-likeness (QED) is 0.495. The Bertz CT molecular complexity index is 681. The van der Waals surface area contributed by atoms with Crippen LogP contribution in [0.3, 0.4) is 0 Å². The second-order valence-corrected chi connectivity index (χ2v) is 10.3. The van der Waals surface area contributed by atoms with Crippen molar-refractivity contribution in [3.05, 3.63) is 29.8 Å². The summed E-state index contributed by atoms with van der Waals surface area (Å²) in [7, 11) is 0. The minimum absolute atomic E-state index is 0.00143. The van der Waals surface area contributed by atoms with Crippen molar-refractivity contribution in [3.63, 3.8) is 0 Å². The van der Waals surface area contributed by atoms with E-state index < -0.39 is 0 Å². The van der Waals surface area contributed by atoms with Gasteiger partial charge in [0.1, 0.15) is 6.10 Å². The van der Waals surface area contributed by atoms with Crippen LogP contribution in [0.25, 0.3) is 0 Å². The number of esters is 1. The molecule has 4 aliphatic rings. The molecule has 0 saturated heterocycles. The standard InChI is InChI=1S/C24H34O3S/c1-5-14(2)23(25)26-21-15-10-17-12-16(21)13-18(11-15)22(17)27-24(3,4)19-6-8-20(28)9-7-19/h6-9,14-18,21-22,28H,5,10-13H2,1-4H3. The molecule has 5 rings (SSSR count). The fraction of sp³-hybridized carbons (Fsp3) is 0.708. The zero-order valence-corrected chi connectivity index (χ0v) is 18.5. The molecule has 0 spiro atoms. The zero-order valence-electron chi connectivity index (χ0n) is 17.6. The highest BCUT2D eigenvalue weighted by atomic mass is 32.1. The minimum Gasteiger partial charge on any atom is -0.462 e. The average molecular weight is 403 g/mol. The van der Waals surface area contributed by atoms with Gasteiger partial charge in [-0.25, -0.2) is 0 Å². The van der Waals surface area contributed by atoms with Crippen LogP contribution >= 0.6 is 12.6 Å². The predicted molar refractivity (Wildman–Crippen MR) is 113 cm³/mol. The van der Waals surface area contributed by atoms with Gasteiger partial charge in [-0.15, -0.1) is 12.6 Å². The highest BCUT2D eigenvalue weighted by Crippen LogP contribution is 2.56. The molecule has 3 nitrogen and oxygen atoms in total. The van der Waals surface area contributed by atoms with Gasteiger partial charge >= 0.3 is 5.97 Å². The van der Waals surface area contributed by atoms with Crippen molar-refractivity contribution >= 4 is 18.6 Å². The van der Waals surface area contributed by atoms with E-state index in [1.54, 1.807) is 0 Å². The van der Waals surface area contributed by atoms with Crippen LogP contribution < -0.4 is 0 Å². The second-order valence-electron chi connectivity index (χ2n) is 9.83. The maximum atomic E-state index is 12.3. The van der Waals surface area contributed by atoms with Crippen LogP contribution in [0.4, 0.5) is 0 Å². The molecule has 4 saturated carbocycles. The van der Waals surface area contributed by atoms with Gasteiger partial charge in [-0.3, -0.25) is 4.79 Å². The van der Waals surface area contributed by atoms with Crippen LogP contribution in [0.5, 0.6) is 0 Å². The third-order valence-corrected chi connectivity index (χ3v) is 7.84. The van der Waals surface area contributed by atoms with E-state index in [9.17, 15) is 4.79 Å². The van der Waals surface area contributed by atoms with Gasteiger partial charge in [0, 0.05) is 4.90 Å². The molecule has 0 heterocycles. The summed E-state index contributed by atoms with van der Waals surface area (Å²) in [5.74, 6) is 2.28. The van der Waals surface area contributed by atoms with Crippen LogP contribution in [0.2, 0.25) is 0 Å². The van der Waals surface area contributed by atoms with E-state index in [2.05, 4.69) is 45.5 Å². The Hall–Kier alpha value is -1.00. The lowest BCUT2D eigenvalue weighted by molar-refractivity contribution is -0.217. The normalized spacial score (nSPS) is 35.0. The third kappa shape index (κ3) is 3.75. The van der Waals surface area contributed by atoms with Crippen molar-refractivity contribution in [2.45, 2.75) is 82.5 Å².